The molecule has 11 heteroatoms. The molecule has 2 amide bonds. The molecule has 2 aromatic carbocycles. The molecule has 42 heavy (non-hydrogen) atoms. The fourth-order valence-corrected chi connectivity index (χ4v) is 5.80. The summed E-state index contributed by atoms with van der Waals surface area (Å²) in [5.74, 6) is -5.34. The lowest BCUT2D eigenvalue weighted by Crippen LogP contribution is -2.56. The maximum atomic E-state index is 14.4. The van der Waals surface area contributed by atoms with Gasteiger partial charge in [-0.2, -0.15) is 18.4 Å². The van der Waals surface area contributed by atoms with E-state index >= 15 is 0 Å². The van der Waals surface area contributed by atoms with Gasteiger partial charge in [0.1, 0.15) is 12.0 Å². The Morgan fingerprint density at radius 3 is 2.38 bits per heavy atom. The molecule has 4 rings (SSSR count). The number of anilines is 1. The summed E-state index contributed by atoms with van der Waals surface area (Å²) in [5, 5.41) is 9.28. The summed E-state index contributed by atoms with van der Waals surface area (Å²) in [6, 6.07) is 11.3. The van der Waals surface area contributed by atoms with Gasteiger partial charge >= 0.3 is 12.1 Å². The van der Waals surface area contributed by atoms with Crippen LogP contribution in [-0.2, 0) is 30.1 Å². The minimum atomic E-state index is -4.70. The molecule has 0 bridgehead atoms. The third kappa shape index (κ3) is 5.79. The first-order chi connectivity index (χ1) is 19.9. The van der Waals surface area contributed by atoms with E-state index in [1.54, 1.807) is 19.1 Å². The second kappa shape index (κ2) is 12.2. The molecule has 0 spiro atoms. The Balaban J connectivity index is 1.93. The quantitative estimate of drug-likeness (QED) is 0.346. The number of alkyl halides is 3. The van der Waals surface area contributed by atoms with Crippen molar-refractivity contribution in [2.45, 2.75) is 58.2 Å². The number of benzene rings is 2. The highest BCUT2D eigenvalue weighted by atomic mass is 19.4. The van der Waals surface area contributed by atoms with Gasteiger partial charge in [-0.25, -0.2) is 4.79 Å². The molecule has 8 nitrogen and oxygen atoms in total. The molecule has 0 N–H and O–H groups in total. The summed E-state index contributed by atoms with van der Waals surface area (Å²) < 4.78 is 46.0. The van der Waals surface area contributed by atoms with E-state index in [-0.39, 0.29) is 30.1 Å². The highest BCUT2D eigenvalue weighted by molar-refractivity contribution is 6.15. The first-order valence-corrected chi connectivity index (χ1v) is 13.6. The number of ether oxygens (including phenoxy) is 1. The number of carbonyl (C=O) groups excluding carboxylic acids is 4. The molecular weight excluding hydrogens is 551 g/mol. The van der Waals surface area contributed by atoms with Crippen LogP contribution in [0.1, 0.15) is 62.6 Å². The van der Waals surface area contributed by atoms with E-state index < -0.39 is 53.2 Å². The Bertz CT molecular complexity index is 1480. The minimum absolute atomic E-state index is 0.0692. The Morgan fingerprint density at radius 2 is 1.79 bits per heavy atom. The number of nitriles is 1. The SMILES string of the molecule is CCOC(=O)C1CCCCN1C(=O)C1C(=O)N(c2cccc(C(F)(F)F)c2)C(C)=C(C(C)=O)C1c1ccc(C#N)cc1. The fourth-order valence-electron chi connectivity index (χ4n) is 5.80. The summed E-state index contributed by atoms with van der Waals surface area (Å²) in [4.78, 5) is 57.0. The minimum Gasteiger partial charge on any atom is -0.464 e. The van der Waals surface area contributed by atoms with Crippen LogP contribution in [0.3, 0.4) is 0 Å². The van der Waals surface area contributed by atoms with Crippen molar-refractivity contribution in [3.8, 4) is 6.07 Å². The van der Waals surface area contributed by atoms with Crippen LogP contribution in [0.25, 0.3) is 0 Å². The molecule has 0 aliphatic carbocycles. The molecule has 0 radical (unpaired) electrons. The zero-order valence-corrected chi connectivity index (χ0v) is 23.4. The van der Waals surface area contributed by atoms with E-state index in [0.29, 0.717) is 30.4 Å². The molecular formula is C31H30F3N3O5. The van der Waals surface area contributed by atoms with Gasteiger partial charge in [-0.15, -0.1) is 0 Å². The average molecular weight is 582 g/mol. The van der Waals surface area contributed by atoms with Crippen LogP contribution in [0.4, 0.5) is 18.9 Å². The van der Waals surface area contributed by atoms with Gasteiger partial charge in [0.15, 0.2) is 5.78 Å². The summed E-state index contributed by atoms with van der Waals surface area (Å²) in [6.45, 7) is 4.60. The number of halogens is 3. The lowest BCUT2D eigenvalue weighted by Gasteiger charge is -2.43. The Kier molecular flexibility index (Phi) is 8.85. The zero-order chi connectivity index (χ0) is 30.8. The predicted molar refractivity (Wildman–Crippen MR) is 146 cm³/mol. The summed E-state index contributed by atoms with van der Waals surface area (Å²) in [5.41, 5.74) is -0.273. The summed E-state index contributed by atoms with van der Waals surface area (Å²) in [7, 11) is 0. The normalized spacial score (nSPS) is 21.2. The summed E-state index contributed by atoms with van der Waals surface area (Å²) in [6.07, 6.45) is -3.16. The van der Waals surface area contributed by atoms with Gasteiger partial charge in [-0.3, -0.25) is 19.3 Å². The molecule has 1 fully saturated rings. The van der Waals surface area contributed by atoms with Gasteiger partial charge in [0.05, 0.1) is 23.8 Å². The van der Waals surface area contributed by atoms with Crippen molar-refractivity contribution in [3.63, 3.8) is 0 Å². The second-order valence-electron chi connectivity index (χ2n) is 10.3. The van der Waals surface area contributed by atoms with Crippen LogP contribution in [0, 0.1) is 17.2 Å². The highest BCUT2D eigenvalue weighted by Crippen LogP contribution is 2.44. The lowest BCUT2D eigenvalue weighted by atomic mass is 9.73. The molecule has 2 aliphatic rings. The Hall–Kier alpha value is -4.46. The second-order valence-corrected chi connectivity index (χ2v) is 10.3. The van der Waals surface area contributed by atoms with Gasteiger partial charge in [-0.05, 0) is 75.9 Å². The number of Topliss-reactive ketones (excluding diaryl/α,β-unsaturated/α-hetero) is 1. The molecule has 2 heterocycles. The molecule has 0 saturated carbocycles. The first-order valence-electron chi connectivity index (χ1n) is 13.6. The van der Waals surface area contributed by atoms with Crippen LogP contribution in [0.5, 0.6) is 0 Å². The van der Waals surface area contributed by atoms with Crippen molar-refractivity contribution in [2.75, 3.05) is 18.1 Å². The molecule has 1 saturated heterocycles. The number of piperidine rings is 1. The zero-order valence-electron chi connectivity index (χ0n) is 23.4. The predicted octanol–water partition coefficient (Wildman–Crippen LogP) is 5.13. The number of amides is 2. The standard InChI is InChI=1S/C31H30F3N3O5/c1-4-42-30(41)24-10-5-6-15-36(24)28(39)27-26(21-13-11-20(17-35)12-14-21)25(19(3)38)18(2)37(29(27)40)23-9-7-8-22(16-23)31(32,33)34/h7-9,11-14,16,24,26-27H,4-6,10,15H2,1-3H3. The topological polar surface area (TPSA) is 108 Å². The van der Waals surface area contributed by atoms with Crippen molar-refractivity contribution in [2.24, 2.45) is 5.92 Å². The van der Waals surface area contributed by atoms with Crippen molar-refractivity contribution < 1.29 is 37.1 Å². The van der Waals surface area contributed by atoms with Crippen molar-refractivity contribution in [1.82, 2.24) is 4.90 Å². The maximum absolute atomic E-state index is 14.4. The Morgan fingerprint density at radius 1 is 1.10 bits per heavy atom. The molecule has 3 atom stereocenters. The van der Waals surface area contributed by atoms with Gasteiger partial charge in [0.2, 0.25) is 11.8 Å². The highest BCUT2D eigenvalue weighted by Gasteiger charge is 2.50. The number of esters is 1. The van der Waals surface area contributed by atoms with Gasteiger partial charge in [0.25, 0.3) is 0 Å². The van der Waals surface area contributed by atoms with E-state index in [1.807, 2.05) is 6.07 Å². The number of rotatable bonds is 6. The molecule has 3 unspecified atom stereocenters. The van der Waals surface area contributed by atoms with Gasteiger partial charge in [0, 0.05) is 29.4 Å². The van der Waals surface area contributed by atoms with Gasteiger partial charge < -0.3 is 9.64 Å². The number of likely N-dealkylation sites (tertiary alicyclic amines) is 1. The van der Waals surface area contributed by atoms with Gasteiger partial charge in [-0.1, -0.05) is 18.2 Å². The molecule has 0 aromatic heterocycles. The van der Waals surface area contributed by atoms with Crippen molar-refractivity contribution in [3.05, 3.63) is 76.5 Å². The lowest BCUT2D eigenvalue weighted by molar-refractivity contribution is -0.159. The molecule has 2 aromatic rings. The smallest absolute Gasteiger partial charge is 0.416 e. The number of nitrogens with zero attached hydrogens (tertiary/aromatic N) is 3. The van der Waals surface area contributed by atoms with Crippen LogP contribution in [0.2, 0.25) is 0 Å². The molecule has 220 valence electrons. The van der Waals surface area contributed by atoms with Crippen molar-refractivity contribution >= 4 is 29.3 Å². The first kappa shape index (κ1) is 30.5. The fraction of sp³-hybridized carbons (Fsp3) is 0.387. The van der Waals surface area contributed by atoms with E-state index in [4.69, 9.17) is 4.74 Å². The van der Waals surface area contributed by atoms with Crippen LogP contribution >= 0.6 is 0 Å². The summed E-state index contributed by atoms with van der Waals surface area (Å²) >= 11 is 0. The number of hydrogen-bond donors (Lipinski definition) is 0. The Labute approximate surface area is 241 Å². The average Bonchev–Trinajstić information content (AvgIpc) is 2.96. The van der Waals surface area contributed by atoms with E-state index in [1.165, 1.54) is 36.9 Å². The third-order valence-corrected chi connectivity index (χ3v) is 7.68. The van der Waals surface area contributed by atoms with E-state index in [2.05, 4.69) is 0 Å². The van der Waals surface area contributed by atoms with Crippen LogP contribution < -0.4 is 4.90 Å². The third-order valence-electron chi connectivity index (χ3n) is 7.68. The van der Waals surface area contributed by atoms with E-state index in [9.17, 15) is 37.6 Å². The largest absolute Gasteiger partial charge is 0.464 e. The number of allylic oxidation sites excluding steroid dienone is 2. The van der Waals surface area contributed by atoms with Crippen LogP contribution in [-0.4, -0.2) is 47.7 Å². The number of ketones is 1. The molecule has 2 aliphatic heterocycles. The number of carbonyl (C=O) groups is 4. The van der Waals surface area contributed by atoms with Crippen molar-refractivity contribution in [1.29, 1.82) is 5.26 Å². The number of hydrogen-bond acceptors (Lipinski definition) is 6. The van der Waals surface area contributed by atoms with E-state index in [0.717, 1.165) is 23.1 Å². The maximum Gasteiger partial charge on any atom is 0.416 e. The monoisotopic (exact) mass is 581 g/mol. The van der Waals surface area contributed by atoms with Crippen LogP contribution in [0.15, 0.2) is 59.8 Å².